The third kappa shape index (κ3) is 7.51. The van der Waals surface area contributed by atoms with Crippen molar-refractivity contribution in [3.05, 3.63) is 65.2 Å². The van der Waals surface area contributed by atoms with Crippen LogP contribution >= 0.6 is 0 Å². The van der Waals surface area contributed by atoms with Gasteiger partial charge in [-0.2, -0.15) is 0 Å². The van der Waals surface area contributed by atoms with Gasteiger partial charge in [-0.1, -0.05) is 29.8 Å². The van der Waals surface area contributed by atoms with Crippen molar-refractivity contribution in [2.75, 3.05) is 27.9 Å². The maximum Gasteiger partial charge on any atom is 0.242 e. The molecule has 0 bridgehead atoms. The summed E-state index contributed by atoms with van der Waals surface area (Å²) in [5.74, 6) is 1.61. The number of methoxy groups -OCH3 is 3. The highest BCUT2D eigenvalue weighted by Crippen LogP contribution is 2.28. The normalized spacial score (nSPS) is 13.8. The molecule has 0 radical (unpaired) electrons. The summed E-state index contributed by atoms with van der Waals surface area (Å²) in [6, 6.07) is 12.3. The molecule has 36 heavy (non-hydrogen) atoms. The summed E-state index contributed by atoms with van der Waals surface area (Å²) in [4.78, 5) is 28.2. The number of carbonyl (C=O) groups is 2. The number of allylic oxidation sites excluding steroid dienone is 1. The molecule has 1 aliphatic rings. The number of rotatable bonds is 12. The zero-order chi connectivity index (χ0) is 25.9. The van der Waals surface area contributed by atoms with E-state index < -0.39 is 6.04 Å². The Kier molecular flexibility index (Phi) is 10.2. The molecule has 2 amide bonds. The number of nitrogens with zero attached hydrogens (tertiary/aromatic N) is 1. The van der Waals surface area contributed by atoms with Gasteiger partial charge in [0, 0.05) is 13.1 Å². The second kappa shape index (κ2) is 13.6. The fourth-order valence-electron chi connectivity index (χ4n) is 4.40. The van der Waals surface area contributed by atoms with Crippen molar-refractivity contribution in [1.82, 2.24) is 10.2 Å². The van der Waals surface area contributed by atoms with Crippen LogP contribution in [-0.4, -0.2) is 50.6 Å². The van der Waals surface area contributed by atoms with Crippen LogP contribution in [0.5, 0.6) is 17.2 Å². The molecule has 1 atom stereocenters. The molecule has 2 aromatic carbocycles. The predicted octanol–water partition coefficient (Wildman–Crippen LogP) is 4.68. The summed E-state index contributed by atoms with van der Waals surface area (Å²) in [5, 5.41) is 3.04. The van der Waals surface area contributed by atoms with Gasteiger partial charge in [0.2, 0.25) is 11.8 Å². The molecule has 0 saturated heterocycles. The van der Waals surface area contributed by atoms with E-state index in [1.54, 1.807) is 45.3 Å². The number of benzene rings is 2. The Hall–Kier alpha value is -3.48. The Morgan fingerprint density at radius 2 is 1.67 bits per heavy atom. The van der Waals surface area contributed by atoms with Crippen molar-refractivity contribution in [3.63, 3.8) is 0 Å². The Bertz CT molecular complexity index is 1050. The molecule has 0 spiro atoms. The Morgan fingerprint density at radius 1 is 0.944 bits per heavy atom. The largest absolute Gasteiger partial charge is 0.497 e. The molecule has 0 aliphatic heterocycles. The quantitative estimate of drug-likeness (QED) is 0.434. The maximum absolute atomic E-state index is 13.5. The first kappa shape index (κ1) is 27.1. The van der Waals surface area contributed by atoms with E-state index in [1.165, 1.54) is 18.4 Å². The minimum absolute atomic E-state index is 0.140. The monoisotopic (exact) mass is 494 g/mol. The van der Waals surface area contributed by atoms with Gasteiger partial charge in [-0.25, -0.2) is 0 Å². The summed E-state index contributed by atoms with van der Waals surface area (Å²) in [6.45, 7) is 2.68. The molecule has 3 rings (SSSR count). The molecule has 0 aromatic heterocycles. The van der Waals surface area contributed by atoms with Crippen LogP contribution in [0.2, 0.25) is 0 Å². The number of amides is 2. The van der Waals surface area contributed by atoms with Crippen molar-refractivity contribution < 1.29 is 23.8 Å². The highest BCUT2D eigenvalue weighted by molar-refractivity contribution is 5.88. The molecule has 1 N–H and O–H groups in total. The van der Waals surface area contributed by atoms with Crippen molar-refractivity contribution in [2.45, 2.75) is 58.0 Å². The van der Waals surface area contributed by atoms with Crippen LogP contribution in [0, 0.1) is 0 Å². The standard InChI is InChI=1S/C29H38N2O5/c1-21(29(33)30-17-16-22-8-6-5-7-9-22)31(20-23-10-13-25(34-2)14-11-23)28(32)19-24-12-15-26(35-3)27(18-24)36-4/h8,10-15,18,21H,5-7,9,16-17,19-20H2,1-4H3,(H,30,33). The van der Waals surface area contributed by atoms with Crippen LogP contribution in [0.25, 0.3) is 0 Å². The van der Waals surface area contributed by atoms with Gasteiger partial charge in [0.1, 0.15) is 11.8 Å². The van der Waals surface area contributed by atoms with Gasteiger partial charge >= 0.3 is 0 Å². The Morgan fingerprint density at radius 3 is 2.31 bits per heavy atom. The molecule has 0 saturated carbocycles. The highest BCUT2D eigenvalue weighted by atomic mass is 16.5. The SMILES string of the molecule is COc1ccc(CN(C(=O)Cc2ccc(OC)c(OC)c2)C(C)C(=O)NCCC2=CCCCC2)cc1. The number of carbonyl (C=O) groups excluding carboxylic acids is 2. The molecule has 0 fully saturated rings. The van der Waals surface area contributed by atoms with Crippen molar-refractivity contribution in [3.8, 4) is 17.2 Å². The molecule has 194 valence electrons. The molecule has 7 nitrogen and oxygen atoms in total. The molecule has 1 aliphatic carbocycles. The maximum atomic E-state index is 13.5. The second-order valence-corrected chi connectivity index (χ2v) is 9.06. The topological polar surface area (TPSA) is 77.1 Å². The number of hydrogen-bond donors (Lipinski definition) is 1. The van der Waals surface area contributed by atoms with Gasteiger partial charge in [-0.3, -0.25) is 9.59 Å². The lowest BCUT2D eigenvalue weighted by molar-refractivity contribution is -0.140. The van der Waals surface area contributed by atoms with E-state index in [2.05, 4.69) is 11.4 Å². The van der Waals surface area contributed by atoms with E-state index in [1.807, 2.05) is 30.3 Å². The van der Waals surface area contributed by atoms with E-state index in [9.17, 15) is 9.59 Å². The van der Waals surface area contributed by atoms with Crippen LogP contribution in [0.1, 0.15) is 50.2 Å². The number of hydrogen-bond acceptors (Lipinski definition) is 5. The Labute approximate surface area is 214 Å². The van der Waals surface area contributed by atoms with Crippen LogP contribution in [0.4, 0.5) is 0 Å². The number of ether oxygens (including phenoxy) is 3. The first-order valence-corrected chi connectivity index (χ1v) is 12.5. The van der Waals surface area contributed by atoms with Gasteiger partial charge in [-0.05, 0) is 74.4 Å². The zero-order valence-electron chi connectivity index (χ0n) is 21.8. The molecular weight excluding hydrogens is 456 g/mol. The van der Waals surface area contributed by atoms with Gasteiger partial charge in [0.25, 0.3) is 0 Å². The molecule has 2 aromatic rings. The van der Waals surface area contributed by atoms with Gasteiger partial charge in [0.15, 0.2) is 11.5 Å². The summed E-state index contributed by atoms with van der Waals surface area (Å²) in [7, 11) is 4.75. The minimum Gasteiger partial charge on any atom is -0.497 e. The third-order valence-electron chi connectivity index (χ3n) is 6.61. The molecule has 0 heterocycles. The third-order valence-corrected chi connectivity index (χ3v) is 6.61. The smallest absolute Gasteiger partial charge is 0.242 e. The van der Waals surface area contributed by atoms with E-state index in [0.29, 0.717) is 24.6 Å². The van der Waals surface area contributed by atoms with Crippen LogP contribution < -0.4 is 19.5 Å². The Balaban J connectivity index is 1.72. The fourth-order valence-corrected chi connectivity index (χ4v) is 4.40. The average Bonchev–Trinajstić information content (AvgIpc) is 2.92. The molecular formula is C29H38N2O5. The lowest BCUT2D eigenvalue weighted by atomic mass is 9.97. The van der Waals surface area contributed by atoms with Gasteiger partial charge < -0.3 is 24.4 Å². The number of nitrogens with one attached hydrogen (secondary N) is 1. The van der Waals surface area contributed by atoms with E-state index in [0.717, 1.165) is 36.1 Å². The average molecular weight is 495 g/mol. The lowest BCUT2D eigenvalue weighted by Crippen LogP contribution is -2.48. The van der Waals surface area contributed by atoms with Crippen molar-refractivity contribution in [1.29, 1.82) is 0 Å². The molecule has 1 unspecified atom stereocenters. The van der Waals surface area contributed by atoms with E-state index >= 15 is 0 Å². The van der Waals surface area contributed by atoms with Gasteiger partial charge in [-0.15, -0.1) is 0 Å². The lowest BCUT2D eigenvalue weighted by Gasteiger charge is -2.29. The fraction of sp³-hybridized carbons (Fsp3) is 0.448. The van der Waals surface area contributed by atoms with Crippen molar-refractivity contribution >= 4 is 11.8 Å². The summed E-state index contributed by atoms with van der Waals surface area (Å²) in [5.41, 5.74) is 3.12. The second-order valence-electron chi connectivity index (χ2n) is 9.06. The predicted molar refractivity (Wildman–Crippen MR) is 140 cm³/mol. The van der Waals surface area contributed by atoms with Crippen molar-refractivity contribution in [2.24, 2.45) is 0 Å². The van der Waals surface area contributed by atoms with E-state index in [-0.39, 0.29) is 18.2 Å². The van der Waals surface area contributed by atoms with Crippen LogP contribution in [-0.2, 0) is 22.6 Å². The highest BCUT2D eigenvalue weighted by Gasteiger charge is 2.26. The minimum atomic E-state index is -0.625. The zero-order valence-corrected chi connectivity index (χ0v) is 21.8. The summed E-state index contributed by atoms with van der Waals surface area (Å²) >= 11 is 0. The van der Waals surface area contributed by atoms with Crippen LogP contribution in [0.15, 0.2) is 54.1 Å². The van der Waals surface area contributed by atoms with Gasteiger partial charge in [0.05, 0.1) is 27.8 Å². The first-order chi connectivity index (χ1) is 17.4. The first-order valence-electron chi connectivity index (χ1n) is 12.5. The molecule has 7 heteroatoms. The summed E-state index contributed by atoms with van der Waals surface area (Å²) < 4.78 is 15.9. The van der Waals surface area contributed by atoms with Crippen LogP contribution in [0.3, 0.4) is 0 Å². The summed E-state index contributed by atoms with van der Waals surface area (Å²) in [6.07, 6.45) is 7.99. The van der Waals surface area contributed by atoms with E-state index in [4.69, 9.17) is 14.2 Å².